The number of nitrogens with zero attached hydrogens (tertiary/aromatic N) is 1. The number of nitrogens with one attached hydrogen (secondary N) is 1. The first-order valence-electron chi connectivity index (χ1n) is 6.05. The van der Waals surface area contributed by atoms with Gasteiger partial charge in [-0.15, -0.1) is 0 Å². The Morgan fingerprint density at radius 2 is 2.12 bits per heavy atom. The van der Waals surface area contributed by atoms with Gasteiger partial charge in [-0.2, -0.15) is 0 Å². The zero-order chi connectivity index (χ0) is 12.1. The number of imide groups is 1. The smallest absolute Gasteiger partial charge is 0.229 e. The fourth-order valence-electron chi connectivity index (χ4n) is 2.14. The maximum atomic E-state index is 12.0. The largest absolute Gasteiger partial charge is 0.315 e. The number of hydrogen-bond donors (Lipinski definition) is 1. The van der Waals surface area contributed by atoms with Crippen LogP contribution in [0.2, 0.25) is 0 Å². The summed E-state index contributed by atoms with van der Waals surface area (Å²) in [5.41, 5.74) is 0. The van der Waals surface area contributed by atoms with E-state index < -0.39 is 0 Å². The Morgan fingerprint density at radius 3 is 2.56 bits per heavy atom. The molecule has 1 aliphatic heterocycles. The summed E-state index contributed by atoms with van der Waals surface area (Å²) < 4.78 is 0. The fraction of sp³-hybridized carbons (Fsp3) is 0.833. The maximum absolute atomic E-state index is 12.0. The zero-order valence-electron chi connectivity index (χ0n) is 10.5. The first-order chi connectivity index (χ1) is 7.52. The summed E-state index contributed by atoms with van der Waals surface area (Å²) in [7, 11) is 0. The van der Waals surface area contributed by atoms with Crippen LogP contribution >= 0.6 is 0 Å². The first-order valence-corrected chi connectivity index (χ1v) is 6.05. The molecule has 1 atom stereocenters. The normalized spacial score (nSPS) is 20.9. The summed E-state index contributed by atoms with van der Waals surface area (Å²) in [5, 5.41) is 3.23. The third-order valence-electron chi connectivity index (χ3n) is 2.83. The van der Waals surface area contributed by atoms with Crippen molar-refractivity contribution in [3.63, 3.8) is 0 Å². The molecule has 1 saturated heterocycles. The molecule has 2 amide bonds. The molecule has 0 aromatic carbocycles. The van der Waals surface area contributed by atoms with Crippen LogP contribution < -0.4 is 5.32 Å². The van der Waals surface area contributed by atoms with Gasteiger partial charge in [-0.25, -0.2) is 0 Å². The predicted molar refractivity (Wildman–Crippen MR) is 62.9 cm³/mol. The number of rotatable bonds is 3. The Morgan fingerprint density at radius 1 is 1.44 bits per heavy atom. The van der Waals surface area contributed by atoms with E-state index >= 15 is 0 Å². The molecule has 92 valence electrons. The highest BCUT2D eigenvalue weighted by Crippen LogP contribution is 2.14. The molecule has 0 spiro atoms. The highest BCUT2D eigenvalue weighted by molar-refractivity contribution is 5.94. The summed E-state index contributed by atoms with van der Waals surface area (Å²) >= 11 is 0. The van der Waals surface area contributed by atoms with Crippen molar-refractivity contribution in [1.29, 1.82) is 0 Å². The van der Waals surface area contributed by atoms with Gasteiger partial charge in [0.25, 0.3) is 0 Å². The Kier molecular flexibility index (Phi) is 4.93. The van der Waals surface area contributed by atoms with E-state index in [0.29, 0.717) is 12.3 Å². The molecule has 1 unspecified atom stereocenters. The topological polar surface area (TPSA) is 49.4 Å². The van der Waals surface area contributed by atoms with Crippen LogP contribution in [-0.4, -0.2) is 35.8 Å². The molecule has 0 aromatic heterocycles. The SMILES string of the molecule is CC(=O)N(C(=O)CC(C)C)C1CCCNC1. The van der Waals surface area contributed by atoms with Gasteiger partial charge in [-0.05, 0) is 25.3 Å². The quantitative estimate of drug-likeness (QED) is 0.785. The van der Waals surface area contributed by atoms with Gasteiger partial charge in [-0.3, -0.25) is 14.5 Å². The molecule has 0 aliphatic carbocycles. The lowest BCUT2D eigenvalue weighted by Gasteiger charge is -2.32. The van der Waals surface area contributed by atoms with E-state index in [4.69, 9.17) is 0 Å². The number of amides is 2. The van der Waals surface area contributed by atoms with Gasteiger partial charge >= 0.3 is 0 Å². The van der Waals surface area contributed by atoms with Gasteiger partial charge in [0, 0.05) is 19.9 Å². The molecule has 1 N–H and O–H groups in total. The van der Waals surface area contributed by atoms with Crippen LogP contribution in [0.4, 0.5) is 0 Å². The average molecular weight is 226 g/mol. The van der Waals surface area contributed by atoms with E-state index in [-0.39, 0.29) is 17.9 Å². The van der Waals surface area contributed by atoms with Crippen LogP contribution in [0.3, 0.4) is 0 Å². The van der Waals surface area contributed by atoms with E-state index in [1.54, 1.807) is 0 Å². The molecule has 1 fully saturated rings. The molecule has 0 saturated carbocycles. The lowest BCUT2D eigenvalue weighted by molar-refractivity contribution is -0.147. The van der Waals surface area contributed by atoms with Gasteiger partial charge < -0.3 is 5.32 Å². The second kappa shape index (κ2) is 5.99. The number of hydrogen-bond acceptors (Lipinski definition) is 3. The van der Waals surface area contributed by atoms with Crippen LogP contribution in [0.1, 0.15) is 40.0 Å². The molecule has 4 nitrogen and oxygen atoms in total. The van der Waals surface area contributed by atoms with Crippen molar-refractivity contribution in [3.05, 3.63) is 0 Å². The molecule has 1 aliphatic rings. The van der Waals surface area contributed by atoms with Crippen LogP contribution in [0.5, 0.6) is 0 Å². The van der Waals surface area contributed by atoms with E-state index in [0.717, 1.165) is 25.9 Å². The number of piperidine rings is 1. The van der Waals surface area contributed by atoms with Crippen molar-refractivity contribution in [1.82, 2.24) is 10.2 Å². The molecule has 1 rings (SSSR count). The minimum absolute atomic E-state index is 0.0313. The lowest BCUT2D eigenvalue weighted by atomic mass is 10.0. The molecular weight excluding hydrogens is 204 g/mol. The maximum Gasteiger partial charge on any atom is 0.229 e. The van der Waals surface area contributed by atoms with Crippen molar-refractivity contribution in [2.75, 3.05) is 13.1 Å². The summed E-state index contributed by atoms with van der Waals surface area (Å²) in [6, 6.07) is 0.0532. The summed E-state index contributed by atoms with van der Waals surface area (Å²) in [6.07, 6.45) is 2.41. The van der Waals surface area contributed by atoms with E-state index in [9.17, 15) is 9.59 Å². The van der Waals surface area contributed by atoms with Crippen LogP contribution in [0.15, 0.2) is 0 Å². The summed E-state index contributed by atoms with van der Waals surface area (Å²) in [5.74, 6) is 0.140. The van der Waals surface area contributed by atoms with Gasteiger partial charge in [0.2, 0.25) is 11.8 Å². The first kappa shape index (κ1) is 13.2. The third kappa shape index (κ3) is 3.59. The lowest BCUT2D eigenvalue weighted by Crippen LogP contribution is -2.50. The minimum atomic E-state index is -0.126. The second-order valence-electron chi connectivity index (χ2n) is 4.88. The zero-order valence-corrected chi connectivity index (χ0v) is 10.5. The molecular formula is C12H22N2O2. The van der Waals surface area contributed by atoms with Gasteiger partial charge in [0.1, 0.15) is 0 Å². The molecule has 0 radical (unpaired) electrons. The van der Waals surface area contributed by atoms with Crippen molar-refractivity contribution >= 4 is 11.8 Å². The monoisotopic (exact) mass is 226 g/mol. The van der Waals surface area contributed by atoms with E-state index in [2.05, 4.69) is 5.32 Å². The third-order valence-corrected chi connectivity index (χ3v) is 2.83. The molecule has 1 heterocycles. The van der Waals surface area contributed by atoms with E-state index in [1.165, 1.54) is 11.8 Å². The minimum Gasteiger partial charge on any atom is -0.315 e. The Bertz CT molecular complexity index is 258. The molecule has 0 aromatic rings. The Balaban J connectivity index is 2.65. The van der Waals surface area contributed by atoms with Crippen molar-refractivity contribution < 1.29 is 9.59 Å². The summed E-state index contributed by atoms with van der Waals surface area (Å²) in [6.45, 7) is 7.20. The van der Waals surface area contributed by atoms with Crippen LogP contribution in [0, 0.1) is 5.92 Å². The van der Waals surface area contributed by atoms with Crippen LogP contribution in [0.25, 0.3) is 0 Å². The molecule has 16 heavy (non-hydrogen) atoms. The predicted octanol–water partition coefficient (Wildman–Crippen LogP) is 1.16. The highest BCUT2D eigenvalue weighted by Gasteiger charge is 2.28. The Labute approximate surface area is 97.4 Å². The summed E-state index contributed by atoms with van der Waals surface area (Å²) in [4.78, 5) is 25.0. The van der Waals surface area contributed by atoms with Gasteiger partial charge in [0.05, 0.1) is 6.04 Å². The van der Waals surface area contributed by atoms with Gasteiger partial charge in [0.15, 0.2) is 0 Å². The van der Waals surface area contributed by atoms with Gasteiger partial charge in [-0.1, -0.05) is 13.8 Å². The standard InChI is InChI=1S/C12H22N2O2/c1-9(2)7-12(16)14(10(3)15)11-5-4-6-13-8-11/h9,11,13H,4-8H2,1-3H3. The molecule has 4 heteroatoms. The number of carbonyl (C=O) groups excluding carboxylic acids is 2. The average Bonchev–Trinajstić information content (AvgIpc) is 2.17. The fourth-order valence-corrected chi connectivity index (χ4v) is 2.14. The second-order valence-corrected chi connectivity index (χ2v) is 4.88. The van der Waals surface area contributed by atoms with Crippen molar-refractivity contribution in [2.24, 2.45) is 5.92 Å². The van der Waals surface area contributed by atoms with Crippen molar-refractivity contribution in [2.45, 2.75) is 46.1 Å². The van der Waals surface area contributed by atoms with Crippen molar-refractivity contribution in [3.8, 4) is 0 Å². The van der Waals surface area contributed by atoms with Crippen LogP contribution in [-0.2, 0) is 9.59 Å². The van der Waals surface area contributed by atoms with E-state index in [1.807, 2.05) is 13.8 Å². The number of carbonyl (C=O) groups is 2. The highest BCUT2D eigenvalue weighted by atomic mass is 16.2. The Hall–Kier alpha value is -0.900. The molecule has 0 bridgehead atoms.